The van der Waals surface area contributed by atoms with E-state index in [1.54, 1.807) is 0 Å². The van der Waals surface area contributed by atoms with Gasteiger partial charge in [0.05, 0.1) is 10.5 Å². The minimum Gasteiger partial charge on any atom is -0.452 e. The van der Waals surface area contributed by atoms with Gasteiger partial charge in [0.15, 0.2) is 6.61 Å². The third-order valence-corrected chi connectivity index (χ3v) is 2.69. The molecule has 1 aromatic carbocycles. The zero-order chi connectivity index (χ0) is 18.1. The summed E-state index contributed by atoms with van der Waals surface area (Å²) in [5, 5.41) is 17.8. The number of carbonyl (C=O) groups is 3. The average molecular weight is 336 g/mol. The molecule has 0 saturated heterocycles. The lowest BCUT2D eigenvalue weighted by molar-refractivity contribution is -0.384. The normalized spacial score (nSPS) is 9.54. The number of hydrogen-bond donors (Lipinski definition) is 3. The highest BCUT2D eigenvalue weighted by molar-refractivity contribution is 5.97. The number of nitrogens with zero attached hydrogens (tertiary/aromatic N) is 1. The van der Waals surface area contributed by atoms with Crippen LogP contribution in [-0.2, 0) is 9.53 Å². The highest BCUT2D eigenvalue weighted by Gasteiger charge is 2.18. The molecule has 0 saturated carbocycles. The van der Waals surface area contributed by atoms with Crippen LogP contribution in [-0.4, -0.2) is 43.0 Å². The van der Waals surface area contributed by atoms with Crippen molar-refractivity contribution in [2.45, 2.75) is 0 Å². The van der Waals surface area contributed by atoms with E-state index in [0.717, 1.165) is 6.07 Å². The summed E-state index contributed by atoms with van der Waals surface area (Å²) in [5.74, 6) is -1.77. The first-order valence-electron chi connectivity index (χ1n) is 6.71. The summed E-state index contributed by atoms with van der Waals surface area (Å²) in [5.41, 5.74) is -0.169. The van der Waals surface area contributed by atoms with Crippen LogP contribution in [0.3, 0.4) is 0 Å². The second-order valence-corrected chi connectivity index (χ2v) is 4.36. The number of anilines is 1. The number of rotatable bonds is 7. The summed E-state index contributed by atoms with van der Waals surface area (Å²) in [4.78, 5) is 44.7. The fourth-order valence-electron chi connectivity index (χ4n) is 1.61. The van der Waals surface area contributed by atoms with Crippen molar-refractivity contribution in [3.05, 3.63) is 46.5 Å². The number of nitrogens with one attached hydrogen (secondary N) is 3. The largest absolute Gasteiger partial charge is 0.452 e. The Morgan fingerprint density at radius 1 is 1.38 bits per heavy atom. The first kappa shape index (κ1) is 18.6. The van der Waals surface area contributed by atoms with E-state index < -0.39 is 29.4 Å². The molecule has 128 valence electrons. The van der Waals surface area contributed by atoms with Crippen molar-refractivity contribution >= 4 is 29.3 Å². The number of benzene rings is 1. The minimum atomic E-state index is -0.928. The average Bonchev–Trinajstić information content (AvgIpc) is 2.57. The number of imide groups is 1. The molecule has 0 aliphatic rings. The van der Waals surface area contributed by atoms with E-state index in [0.29, 0.717) is 0 Å². The first-order valence-corrected chi connectivity index (χ1v) is 6.71. The van der Waals surface area contributed by atoms with Gasteiger partial charge in [-0.15, -0.1) is 6.58 Å². The summed E-state index contributed by atoms with van der Waals surface area (Å²) in [6, 6.07) is 2.93. The third kappa shape index (κ3) is 5.40. The van der Waals surface area contributed by atoms with Gasteiger partial charge in [0.2, 0.25) is 0 Å². The number of amides is 3. The van der Waals surface area contributed by atoms with Crippen molar-refractivity contribution in [2.75, 3.05) is 25.5 Å². The van der Waals surface area contributed by atoms with E-state index in [4.69, 9.17) is 4.74 Å². The first-order chi connectivity index (χ1) is 11.4. The number of carbonyl (C=O) groups excluding carboxylic acids is 3. The summed E-state index contributed by atoms with van der Waals surface area (Å²) in [6.45, 7) is 2.85. The minimum absolute atomic E-state index is 0.0930. The van der Waals surface area contributed by atoms with Crippen molar-refractivity contribution in [3.63, 3.8) is 0 Å². The molecule has 0 fully saturated rings. The van der Waals surface area contributed by atoms with E-state index >= 15 is 0 Å². The number of nitro groups is 1. The molecule has 1 rings (SSSR count). The molecule has 0 atom stereocenters. The van der Waals surface area contributed by atoms with Gasteiger partial charge in [0, 0.05) is 19.7 Å². The molecule has 3 N–H and O–H groups in total. The van der Waals surface area contributed by atoms with Crippen LogP contribution in [0.25, 0.3) is 0 Å². The fourth-order valence-corrected chi connectivity index (χ4v) is 1.61. The summed E-state index contributed by atoms with van der Waals surface area (Å²) < 4.78 is 4.71. The molecule has 0 aromatic heterocycles. The molecule has 0 aliphatic carbocycles. The van der Waals surface area contributed by atoms with E-state index in [1.807, 2.05) is 5.32 Å². The highest BCUT2D eigenvalue weighted by atomic mass is 16.6. The zero-order valence-corrected chi connectivity index (χ0v) is 12.8. The molecule has 24 heavy (non-hydrogen) atoms. The number of nitro benzene ring substituents is 1. The topological polar surface area (TPSA) is 140 Å². The van der Waals surface area contributed by atoms with Gasteiger partial charge in [0.1, 0.15) is 5.69 Å². The van der Waals surface area contributed by atoms with Crippen LogP contribution in [0.5, 0.6) is 0 Å². The van der Waals surface area contributed by atoms with Crippen LogP contribution in [0.2, 0.25) is 0 Å². The molecule has 0 heterocycles. The van der Waals surface area contributed by atoms with Crippen molar-refractivity contribution < 1.29 is 24.0 Å². The van der Waals surface area contributed by atoms with E-state index in [9.17, 15) is 24.5 Å². The third-order valence-electron chi connectivity index (χ3n) is 2.69. The molecule has 0 spiro atoms. The molecule has 0 bridgehead atoms. The Morgan fingerprint density at radius 2 is 2.08 bits per heavy atom. The maximum absolute atomic E-state index is 11.8. The Kier molecular flexibility index (Phi) is 6.89. The molecule has 10 heteroatoms. The molecule has 10 nitrogen and oxygen atoms in total. The molecular weight excluding hydrogens is 320 g/mol. The Bertz CT molecular complexity index is 673. The fraction of sp³-hybridized carbons (Fsp3) is 0.214. The second-order valence-electron chi connectivity index (χ2n) is 4.36. The summed E-state index contributed by atoms with van der Waals surface area (Å²) in [7, 11) is 1.50. The Labute approximate surface area is 137 Å². The highest BCUT2D eigenvalue weighted by Crippen LogP contribution is 2.25. The maximum atomic E-state index is 11.8. The van der Waals surface area contributed by atoms with Gasteiger partial charge in [-0.1, -0.05) is 6.08 Å². The predicted octanol–water partition coefficient (Wildman–Crippen LogP) is 0.805. The van der Waals surface area contributed by atoms with Crippen molar-refractivity contribution in [1.82, 2.24) is 10.6 Å². The number of esters is 1. The van der Waals surface area contributed by atoms with Crippen LogP contribution < -0.4 is 16.0 Å². The zero-order valence-electron chi connectivity index (χ0n) is 12.8. The molecule has 0 unspecified atom stereocenters. The smallest absolute Gasteiger partial charge is 0.338 e. The molecule has 0 aliphatic heterocycles. The summed E-state index contributed by atoms with van der Waals surface area (Å²) >= 11 is 0. The van der Waals surface area contributed by atoms with Crippen LogP contribution in [0.4, 0.5) is 16.2 Å². The Balaban J connectivity index is 2.64. The molecular formula is C14H16N4O6. The molecule has 1 aromatic rings. The van der Waals surface area contributed by atoms with Crippen molar-refractivity contribution in [3.8, 4) is 0 Å². The maximum Gasteiger partial charge on any atom is 0.338 e. The number of urea groups is 1. The van der Waals surface area contributed by atoms with Crippen molar-refractivity contribution in [1.29, 1.82) is 0 Å². The lowest BCUT2D eigenvalue weighted by atomic mass is 10.1. The predicted molar refractivity (Wildman–Crippen MR) is 84.7 cm³/mol. The molecule has 3 amide bonds. The van der Waals surface area contributed by atoms with Crippen LogP contribution in [0.1, 0.15) is 10.4 Å². The standard InChI is InChI=1S/C14H16N4O6/c1-3-6-16-14(21)17-12(19)8-24-13(20)9-4-5-10(15-2)11(7-9)18(22)23/h3-5,7,15H,1,6,8H2,2H3,(H2,16,17,19,21). The van der Waals surface area contributed by atoms with Gasteiger partial charge >= 0.3 is 12.0 Å². The van der Waals surface area contributed by atoms with Gasteiger partial charge in [-0.2, -0.15) is 0 Å². The van der Waals surface area contributed by atoms with Crippen LogP contribution in [0.15, 0.2) is 30.9 Å². The number of ether oxygens (including phenoxy) is 1. The second kappa shape index (κ2) is 8.88. The van der Waals surface area contributed by atoms with Gasteiger partial charge in [-0.3, -0.25) is 20.2 Å². The monoisotopic (exact) mass is 336 g/mol. The van der Waals surface area contributed by atoms with Gasteiger partial charge in [0.25, 0.3) is 11.6 Å². The molecule has 0 radical (unpaired) electrons. The van der Waals surface area contributed by atoms with Gasteiger partial charge in [-0.25, -0.2) is 9.59 Å². The van der Waals surface area contributed by atoms with Gasteiger partial charge < -0.3 is 15.4 Å². The Morgan fingerprint density at radius 3 is 2.67 bits per heavy atom. The Hall–Kier alpha value is -3.43. The lowest BCUT2D eigenvalue weighted by Gasteiger charge is -2.07. The lowest BCUT2D eigenvalue weighted by Crippen LogP contribution is -2.41. The van der Waals surface area contributed by atoms with E-state index in [1.165, 1.54) is 25.3 Å². The van der Waals surface area contributed by atoms with Gasteiger partial charge in [-0.05, 0) is 12.1 Å². The van der Waals surface area contributed by atoms with Crippen LogP contribution >= 0.6 is 0 Å². The SMILES string of the molecule is C=CCNC(=O)NC(=O)COC(=O)c1ccc(NC)c([N+](=O)[O-])c1. The summed E-state index contributed by atoms with van der Waals surface area (Å²) in [6.07, 6.45) is 1.42. The van der Waals surface area contributed by atoms with E-state index in [-0.39, 0.29) is 23.5 Å². The quantitative estimate of drug-likeness (QED) is 0.289. The number of hydrogen-bond acceptors (Lipinski definition) is 7. The van der Waals surface area contributed by atoms with E-state index in [2.05, 4.69) is 17.2 Å². The van der Waals surface area contributed by atoms with Crippen LogP contribution in [0, 0.1) is 10.1 Å². The van der Waals surface area contributed by atoms with Crippen molar-refractivity contribution in [2.24, 2.45) is 0 Å².